The Labute approximate surface area is 256 Å². The number of hydrogen-bond acceptors (Lipinski definition) is 8. The van der Waals surface area contributed by atoms with Gasteiger partial charge in [-0.15, -0.1) is 0 Å². The van der Waals surface area contributed by atoms with E-state index in [0.29, 0.717) is 40.9 Å². The lowest BCUT2D eigenvalue weighted by Gasteiger charge is -2.22. The molecule has 15 heteroatoms. The highest BCUT2D eigenvalue weighted by Crippen LogP contribution is 2.40. The molecule has 0 spiro atoms. The second-order valence-corrected chi connectivity index (χ2v) is 12.4. The van der Waals surface area contributed by atoms with Crippen molar-refractivity contribution < 1.29 is 31.1 Å². The monoisotopic (exact) mass is 641 g/mol. The third-order valence-electron chi connectivity index (χ3n) is 7.75. The Kier molecular flexibility index (Phi) is 8.14. The van der Waals surface area contributed by atoms with Gasteiger partial charge in [-0.2, -0.15) is 19.0 Å². The number of nitrogens with one attached hydrogen (secondary N) is 1. The van der Waals surface area contributed by atoms with E-state index in [-0.39, 0.29) is 23.3 Å². The van der Waals surface area contributed by atoms with Crippen LogP contribution >= 0.6 is 0 Å². The first kappa shape index (κ1) is 30.4. The topological polar surface area (TPSA) is 139 Å². The van der Waals surface area contributed by atoms with Gasteiger partial charge in [0.1, 0.15) is 29.2 Å². The molecule has 1 fully saturated rings. The van der Waals surface area contributed by atoms with Crippen molar-refractivity contribution in [1.29, 1.82) is 0 Å². The number of anilines is 2. The molecule has 0 amide bonds. The largest absolute Gasteiger partial charge is 0.484 e. The second-order valence-electron chi connectivity index (χ2n) is 10.7. The Hall–Kier alpha value is -4.63. The van der Waals surface area contributed by atoms with E-state index >= 15 is 0 Å². The molecule has 6 rings (SSSR count). The molecule has 5 aromatic rings. The summed E-state index contributed by atoms with van der Waals surface area (Å²) in [7, 11) is -3.25. The standard InChI is InChI=1S/C30H30F3N7O4S/c1-17(18-3-6-21(31)7-4-18)44-25-13-19(5-8-24(25)38-45(41,42)30(32)33)27-26-28(39(2)37-27)23(15-35-29(26)34)20-14-36-40(16-20)22-9-11-43-12-10-22/h3-8,13-17,22,30,38H,9-12H2,1-2H3,(H2,34,35)/t17-/m0/s1. The molecule has 0 bridgehead atoms. The minimum absolute atomic E-state index is 0.0484. The van der Waals surface area contributed by atoms with Gasteiger partial charge in [-0.1, -0.05) is 18.2 Å². The van der Waals surface area contributed by atoms with Crippen molar-refractivity contribution >= 4 is 32.4 Å². The van der Waals surface area contributed by atoms with Gasteiger partial charge in [0.15, 0.2) is 0 Å². The Balaban J connectivity index is 1.43. The number of halogens is 3. The predicted octanol–water partition coefficient (Wildman–Crippen LogP) is 5.68. The number of benzene rings is 2. The number of aryl methyl sites for hydroxylation is 1. The predicted molar refractivity (Wildman–Crippen MR) is 163 cm³/mol. The highest BCUT2D eigenvalue weighted by atomic mass is 32.2. The van der Waals surface area contributed by atoms with Gasteiger partial charge in [0, 0.05) is 49.3 Å². The number of nitrogen functional groups attached to an aromatic ring is 1. The number of nitrogens with zero attached hydrogens (tertiary/aromatic N) is 5. The maximum Gasteiger partial charge on any atom is 0.355 e. The summed E-state index contributed by atoms with van der Waals surface area (Å²) in [6.07, 6.45) is 6.40. The van der Waals surface area contributed by atoms with Crippen LogP contribution in [0.4, 0.5) is 24.7 Å². The van der Waals surface area contributed by atoms with Crippen LogP contribution in [0.3, 0.4) is 0 Å². The number of nitrogens with two attached hydrogens (primary N) is 1. The van der Waals surface area contributed by atoms with E-state index in [2.05, 4.69) is 10.1 Å². The molecule has 3 N–H and O–H groups in total. The number of rotatable bonds is 9. The highest BCUT2D eigenvalue weighted by Gasteiger charge is 2.27. The average molecular weight is 642 g/mol. The van der Waals surface area contributed by atoms with Gasteiger partial charge in [-0.05, 0) is 49.6 Å². The molecule has 1 aliphatic rings. The zero-order valence-corrected chi connectivity index (χ0v) is 25.1. The van der Waals surface area contributed by atoms with Gasteiger partial charge < -0.3 is 15.2 Å². The van der Waals surface area contributed by atoms with E-state index in [1.54, 1.807) is 31.0 Å². The van der Waals surface area contributed by atoms with Crippen LogP contribution in [0, 0.1) is 5.82 Å². The van der Waals surface area contributed by atoms with E-state index < -0.39 is 27.7 Å². The van der Waals surface area contributed by atoms with Crippen molar-refractivity contribution in [1.82, 2.24) is 24.5 Å². The Bertz CT molecular complexity index is 1960. The zero-order chi connectivity index (χ0) is 31.9. The summed E-state index contributed by atoms with van der Waals surface area (Å²) < 4.78 is 81.3. The normalized spacial score (nSPS) is 15.1. The van der Waals surface area contributed by atoms with Gasteiger partial charge in [0.25, 0.3) is 10.0 Å². The molecule has 1 aliphatic heterocycles. The SMILES string of the molecule is C[C@H](Oc1cc(-c2nn(C)c3c(-c4cnn(C5CCOCC5)c4)cnc(N)c23)ccc1NS(=O)(=O)C(F)F)c1ccc(F)cc1. The Morgan fingerprint density at radius 3 is 2.53 bits per heavy atom. The van der Waals surface area contributed by atoms with Crippen molar-refractivity contribution in [2.24, 2.45) is 7.05 Å². The van der Waals surface area contributed by atoms with Crippen LogP contribution in [-0.2, 0) is 21.8 Å². The first-order chi connectivity index (χ1) is 21.5. The van der Waals surface area contributed by atoms with E-state index in [9.17, 15) is 21.6 Å². The number of alkyl halides is 2. The molecule has 0 radical (unpaired) electrons. The first-order valence-corrected chi connectivity index (χ1v) is 15.7. The van der Waals surface area contributed by atoms with Crippen molar-refractivity contribution in [2.75, 3.05) is 23.7 Å². The van der Waals surface area contributed by atoms with E-state index in [1.165, 1.54) is 42.5 Å². The summed E-state index contributed by atoms with van der Waals surface area (Å²) in [4.78, 5) is 4.44. The lowest BCUT2D eigenvalue weighted by Crippen LogP contribution is -2.21. The fraction of sp³-hybridized carbons (Fsp3) is 0.300. The van der Waals surface area contributed by atoms with Crippen molar-refractivity contribution in [3.05, 3.63) is 72.4 Å². The van der Waals surface area contributed by atoms with E-state index in [0.717, 1.165) is 24.0 Å². The molecule has 0 aliphatic carbocycles. The Morgan fingerprint density at radius 2 is 1.82 bits per heavy atom. The lowest BCUT2D eigenvalue weighted by molar-refractivity contribution is 0.0662. The Morgan fingerprint density at radius 1 is 1.09 bits per heavy atom. The van der Waals surface area contributed by atoms with Gasteiger partial charge in [-0.25, -0.2) is 17.8 Å². The minimum atomic E-state index is -5.01. The molecule has 3 aromatic heterocycles. The summed E-state index contributed by atoms with van der Waals surface area (Å²) in [5, 5.41) is 9.84. The van der Waals surface area contributed by atoms with Crippen LogP contribution in [-0.4, -0.2) is 51.9 Å². The van der Waals surface area contributed by atoms with Crippen LogP contribution in [0.2, 0.25) is 0 Å². The number of pyridine rings is 1. The molecule has 4 heterocycles. The average Bonchev–Trinajstić information content (AvgIpc) is 3.65. The van der Waals surface area contributed by atoms with Crippen LogP contribution in [0.1, 0.15) is 37.5 Å². The second kappa shape index (κ2) is 12.0. The third-order valence-corrected chi connectivity index (χ3v) is 8.73. The summed E-state index contributed by atoms with van der Waals surface area (Å²) in [6, 6.07) is 10.1. The van der Waals surface area contributed by atoms with Crippen LogP contribution < -0.4 is 15.2 Å². The van der Waals surface area contributed by atoms with E-state index in [1.807, 2.05) is 15.6 Å². The quantitative estimate of drug-likeness (QED) is 0.210. The summed E-state index contributed by atoms with van der Waals surface area (Å²) in [5.74, 6) is -3.95. The van der Waals surface area contributed by atoms with Crippen molar-refractivity contribution in [2.45, 2.75) is 37.7 Å². The fourth-order valence-corrected chi connectivity index (χ4v) is 5.98. The van der Waals surface area contributed by atoms with Gasteiger partial charge in [-0.3, -0.25) is 14.1 Å². The molecule has 45 heavy (non-hydrogen) atoms. The van der Waals surface area contributed by atoms with Crippen LogP contribution in [0.15, 0.2) is 61.1 Å². The zero-order valence-electron chi connectivity index (χ0n) is 24.3. The third kappa shape index (κ3) is 6.04. The smallest absolute Gasteiger partial charge is 0.355 e. The molecule has 2 aromatic carbocycles. The molecule has 1 atom stereocenters. The van der Waals surface area contributed by atoms with E-state index in [4.69, 9.17) is 20.3 Å². The molecule has 0 unspecified atom stereocenters. The molecular formula is C30H30F3N7O4S. The molecule has 1 saturated heterocycles. The maximum atomic E-state index is 13.5. The van der Waals surface area contributed by atoms with Crippen LogP contribution in [0.5, 0.6) is 5.75 Å². The molecule has 11 nitrogen and oxygen atoms in total. The van der Waals surface area contributed by atoms with Gasteiger partial charge in [0.2, 0.25) is 0 Å². The minimum Gasteiger partial charge on any atom is -0.484 e. The fourth-order valence-electron chi connectivity index (χ4n) is 5.42. The summed E-state index contributed by atoms with van der Waals surface area (Å²) in [6.45, 7) is 3.01. The molecule has 236 valence electrons. The number of aromatic nitrogens is 5. The number of sulfonamides is 1. The molecule has 0 saturated carbocycles. The van der Waals surface area contributed by atoms with Crippen molar-refractivity contribution in [3.63, 3.8) is 0 Å². The summed E-state index contributed by atoms with van der Waals surface area (Å²) in [5.41, 5.74) is 9.90. The first-order valence-electron chi connectivity index (χ1n) is 14.1. The highest BCUT2D eigenvalue weighted by molar-refractivity contribution is 7.93. The van der Waals surface area contributed by atoms with Gasteiger partial charge >= 0.3 is 5.76 Å². The van der Waals surface area contributed by atoms with Crippen LogP contribution in [0.25, 0.3) is 33.3 Å². The summed E-state index contributed by atoms with van der Waals surface area (Å²) >= 11 is 0. The number of ether oxygens (including phenoxy) is 2. The van der Waals surface area contributed by atoms with Gasteiger partial charge in [0.05, 0.1) is 28.8 Å². The maximum absolute atomic E-state index is 13.5. The number of fused-ring (bicyclic) bond motifs is 1. The van der Waals surface area contributed by atoms with Crippen molar-refractivity contribution in [3.8, 4) is 28.1 Å². The molecular weight excluding hydrogens is 611 g/mol. The lowest BCUT2D eigenvalue weighted by atomic mass is 10.0. The number of hydrogen-bond donors (Lipinski definition) is 2.